The van der Waals surface area contributed by atoms with E-state index in [1.54, 1.807) is 18.2 Å². The molecule has 2 rings (SSSR count). The fraction of sp³-hybridized carbons (Fsp3) is 0. The van der Waals surface area contributed by atoms with Crippen LogP contribution < -0.4 is 11.5 Å². The monoisotopic (exact) mass is 282 g/mol. The summed E-state index contributed by atoms with van der Waals surface area (Å²) in [5, 5.41) is 16.9. The number of hydrogen-bond donors (Lipinski definition) is 3. The van der Waals surface area contributed by atoms with Crippen molar-refractivity contribution in [3.8, 4) is 16.9 Å². The lowest BCUT2D eigenvalue weighted by atomic mass is 10.0. The van der Waals surface area contributed by atoms with Crippen LogP contribution in [0.4, 0.5) is 0 Å². The van der Waals surface area contributed by atoms with Crippen LogP contribution in [0.25, 0.3) is 11.1 Å². The lowest BCUT2D eigenvalue weighted by Gasteiger charge is -2.04. The Morgan fingerprint density at radius 1 is 1.05 bits per heavy atom. The van der Waals surface area contributed by atoms with Crippen molar-refractivity contribution < 1.29 is 9.90 Å². The van der Waals surface area contributed by atoms with Crippen molar-refractivity contribution in [3.05, 3.63) is 53.6 Å². The predicted molar refractivity (Wildman–Crippen MR) is 82.3 cm³/mol. The van der Waals surface area contributed by atoms with Gasteiger partial charge in [-0.1, -0.05) is 30.3 Å². The van der Waals surface area contributed by atoms with Gasteiger partial charge in [-0.2, -0.15) is 5.10 Å². The number of rotatable bonds is 4. The van der Waals surface area contributed by atoms with Gasteiger partial charge in [0.2, 0.25) is 5.96 Å². The number of nitrogens with two attached hydrogens (primary N) is 2. The standard InChI is InChI=1S/C15H14N4O2/c16-15(17)19-18-8-10-1-3-11(4-2-10)12-5-6-13(9-20)14(21)7-12/h1-9,21H,(H4,16,17,19). The van der Waals surface area contributed by atoms with Crippen molar-refractivity contribution in [2.45, 2.75) is 0 Å². The second-order valence-corrected chi connectivity index (χ2v) is 4.28. The summed E-state index contributed by atoms with van der Waals surface area (Å²) >= 11 is 0. The molecule has 21 heavy (non-hydrogen) atoms. The molecule has 0 aliphatic carbocycles. The van der Waals surface area contributed by atoms with Crippen LogP contribution in [-0.4, -0.2) is 23.6 Å². The smallest absolute Gasteiger partial charge is 0.211 e. The van der Waals surface area contributed by atoms with E-state index in [1.165, 1.54) is 6.21 Å². The summed E-state index contributed by atoms with van der Waals surface area (Å²) in [6.07, 6.45) is 2.14. The first-order chi connectivity index (χ1) is 10.1. The molecule has 0 spiro atoms. The molecule has 0 aromatic heterocycles. The third-order valence-electron chi connectivity index (χ3n) is 2.78. The Balaban J connectivity index is 2.22. The summed E-state index contributed by atoms with van der Waals surface area (Å²) in [5.41, 5.74) is 13.1. The normalized spacial score (nSPS) is 10.5. The first-order valence-electron chi connectivity index (χ1n) is 6.11. The summed E-state index contributed by atoms with van der Waals surface area (Å²) < 4.78 is 0. The lowest BCUT2D eigenvalue weighted by molar-refractivity contribution is 0.112. The molecule has 106 valence electrons. The second kappa shape index (κ2) is 6.33. The molecule has 2 aromatic rings. The molecular formula is C15H14N4O2. The number of hydrogen-bond acceptors (Lipinski definition) is 4. The quantitative estimate of drug-likeness (QED) is 0.341. The van der Waals surface area contributed by atoms with E-state index in [2.05, 4.69) is 10.2 Å². The highest BCUT2D eigenvalue weighted by Crippen LogP contribution is 2.25. The minimum Gasteiger partial charge on any atom is -0.507 e. The summed E-state index contributed by atoms with van der Waals surface area (Å²) in [5.74, 6) is -0.144. The fourth-order valence-electron chi connectivity index (χ4n) is 1.75. The SMILES string of the molecule is NC(N)=NN=Cc1ccc(-c2ccc(C=O)c(O)c2)cc1. The zero-order chi connectivity index (χ0) is 15.2. The van der Waals surface area contributed by atoms with Gasteiger partial charge in [0.1, 0.15) is 5.75 Å². The average molecular weight is 282 g/mol. The number of nitrogens with zero attached hydrogens (tertiary/aromatic N) is 2. The van der Waals surface area contributed by atoms with Crippen molar-refractivity contribution >= 4 is 18.5 Å². The van der Waals surface area contributed by atoms with Crippen LogP contribution >= 0.6 is 0 Å². The molecule has 0 amide bonds. The second-order valence-electron chi connectivity index (χ2n) is 4.28. The zero-order valence-electron chi connectivity index (χ0n) is 11.1. The van der Waals surface area contributed by atoms with Gasteiger partial charge in [-0.15, -0.1) is 5.10 Å². The molecule has 6 nitrogen and oxygen atoms in total. The molecular weight excluding hydrogens is 268 g/mol. The molecule has 0 fully saturated rings. The van der Waals surface area contributed by atoms with Crippen LogP contribution in [0.2, 0.25) is 0 Å². The predicted octanol–water partition coefficient (Wildman–Crippen LogP) is 1.48. The van der Waals surface area contributed by atoms with Crippen LogP contribution in [-0.2, 0) is 0 Å². The van der Waals surface area contributed by atoms with Gasteiger partial charge in [-0.3, -0.25) is 4.79 Å². The molecule has 0 atom stereocenters. The Hall–Kier alpha value is -3.15. The molecule has 0 aliphatic rings. The van der Waals surface area contributed by atoms with E-state index < -0.39 is 0 Å². The van der Waals surface area contributed by atoms with Gasteiger partial charge >= 0.3 is 0 Å². The lowest BCUT2D eigenvalue weighted by Crippen LogP contribution is -2.21. The molecule has 0 heterocycles. The van der Waals surface area contributed by atoms with Gasteiger partial charge in [0.15, 0.2) is 6.29 Å². The minimum absolute atomic E-state index is 0.0408. The van der Waals surface area contributed by atoms with E-state index in [9.17, 15) is 9.90 Å². The molecule has 6 heteroatoms. The van der Waals surface area contributed by atoms with E-state index in [0.717, 1.165) is 16.7 Å². The van der Waals surface area contributed by atoms with E-state index in [1.807, 2.05) is 24.3 Å². The van der Waals surface area contributed by atoms with Crippen LogP contribution in [0.15, 0.2) is 52.7 Å². The maximum atomic E-state index is 10.7. The number of phenolic OH excluding ortho intramolecular Hbond substituents is 1. The van der Waals surface area contributed by atoms with Gasteiger partial charge < -0.3 is 16.6 Å². The maximum Gasteiger partial charge on any atom is 0.211 e. The Morgan fingerprint density at radius 3 is 2.29 bits per heavy atom. The molecule has 0 aliphatic heterocycles. The molecule has 0 saturated carbocycles. The minimum atomic E-state index is -0.103. The van der Waals surface area contributed by atoms with Crippen LogP contribution in [0.1, 0.15) is 15.9 Å². The summed E-state index contributed by atoms with van der Waals surface area (Å²) in [7, 11) is 0. The molecule has 0 bridgehead atoms. The molecule has 0 radical (unpaired) electrons. The fourth-order valence-corrected chi connectivity index (χ4v) is 1.75. The third-order valence-corrected chi connectivity index (χ3v) is 2.78. The van der Waals surface area contributed by atoms with Crippen molar-refractivity contribution in [1.82, 2.24) is 0 Å². The summed E-state index contributed by atoms with van der Waals surface area (Å²) in [6, 6.07) is 12.3. The number of benzene rings is 2. The van der Waals surface area contributed by atoms with Gasteiger partial charge in [0, 0.05) is 0 Å². The van der Waals surface area contributed by atoms with E-state index in [-0.39, 0.29) is 17.3 Å². The first-order valence-corrected chi connectivity index (χ1v) is 6.11. The van der Waals surface area contributed by atoms with Crippen molar-refractivity contribution in [2.75, 3.05) is 0 Å². The number of carbonyl (C=O) groups excluding carboxylic acids is 1. The summed E-state index contributed by atoms with van der Waals surface area (Å²) in [4.78, 5) is 10.7. The number of phenols is 1. The highest BCUT2D eigenvalue weighted by Gasteiger charge is 2.03. The van der Waals surface area contributed by atoms with Gasteiger partial charge in [-0.25, -0.2) is 0 Å². The van der Waals surface area contributed by atoms with E-state index >= 15 is 0 Å². The van der Waals surface area contributed by atoms with Gasteiger partial charge in [-0.05, 0) is 28.8 Å². The van der Waals surface area contributed by atoms with Crippen molar-refractivity contribution in [2.24, 2.45) is 21.7 Å². The Bertz CT molecular complexity index is 702. The van der Waals surface area contributed by atoms with Crippen LogP contribution in [0.5, 0.6) is 5.75 Å². The molecule has 0 saturated heterocycles. The number of aromatic hydroxyl groups is 1. The molecule has 2 aromatic carbocycles. The molecule has 0 unspecified atom stereocenters. The first kappa shape index (κ1) is 14.3. The number of aldehydes is 1. The Labute approximate surface area is 121 Å². The van der Waals surface area contributed by atoms with Gasteiger partial charge in [0.25, 0.3) is 0 Å². The highest BCUT2D eigenvalue weighted by atomic mass is 16.3. The highest BCUT2D eigenvalue weighted by molar-refractivity contribution is 5.84. The molecule has 5 N–H and O–H groups in total. The van der Waals surface area contributed by atoms with Gasteiger partial charge in [0.05, 0.1) is 11.8 Å². The number of guanidine groups is 1. The summed E-state index contributed by atoms with van der Waals surface area (Å²) in [6.45, 7) is 0. The van der Waals surface area contributed by atoms with Crippen LogP contribution in [0, 0.1) is 0 Å². The Morgan fingerprint density at radius 2 is 1.71 bits per heavy atom. The van der Waals surface area contributed by atoms with E-state index in [4.69, 9.17) is 11.5 Å². The van der Waals surface area contributed by atoms with Crippen LogP contribution in [0.3, 0.4) is 0 Å². The van der Waals surface area contributed by atoms with Crippen molar-refractivity contribution in [1.29, 1.82) is 0 Å². The topological polar surface area (TPSA) is 114 Å². The average Bonchev–Trinajstić information content (AvgIpc) is 2.47. The van der Waals surface area contributed by atoms with E-state index in [0.29, 0.717) is 6.29 Å². The van der Waals surface area contributed by atoms with Crippen molar-refractivity contribution in [3.63, 3.8) is 0 Å². The third kappa shape index (κ3) is 3.66. The zero-order valence-corrected chi connectivity index (χ0v) is 11.1. The maximum absolute atomic E-state index is 10.7. The Kier molecular flexibility index (Phi) is 4.30. The number of carbonyl (C=O) groups is 1. The largest absolute Gasteiger partial charge is 0.507 e.